The Labute approximate surface area is 187 Å². The summed E-state index contributed by atoms with van der Waals surface area (Å²) in [5.74, 6) is 0.558. The zero-order valence-electron chi connectivity index (χ0n) is 15.6. The fourth-order valence-corrected chi connectivity index (χ4v) is 3.55. The van der Waals surface area contributed by atoms with Gasteiger partial charge in [-0.05, 0) is 36.4 Å². The van der Waals surface area contributed by atoms with Gasteiger partial charge in [-0.3, -0.25) is 9.36 Å². The fraction of sp³-hybridized carbons (Fsp3) is 0.150. The lowest BCUT2D eigenvalue weighted by Crippen LogP contribution is -2.15. The number of nitrogens with one attached hydrogen (secondary N) is 1. The van der Waals surface area contributed by atoms with E-state index in [1.165, 1.54) is 36.0 Å². The molecule has 3 rings (SSSR count). The van der Waals surface area contributed by atoms with Gasteiger partial charge in [-0.1, -0.05) is 47.1 Å². The first-order chi connectivity index (χ1) is 14.5. The van der Waals surface area contributed by atoms with E-state index in [4.69, 9.17) is 27.9 Å². The van der Waals surface area contributed by atoms with E-state index in [0.29, 0.717) is 34.0 Å². The van der Waals surface area contributed by atoms with Gasteiger partial charge in [0.15, 0.2) is 11.0 Å². The van der Waals surface area contributed by atoms with Crippen molar-refractivity contribution in [3.05, 3.63) is 76.8 Å². The molecule has 156 valence electrons. The molecule has 10 heteroatoms. The first-order valence-electron chi connectivity index (χ1n) is 8.76. The monoisotopic (exact) mass is 466 g/mol. The lowest BCUT2D eigenvalue weighted by molar-refractivity contribution is -0.113. The minimum absolute atomic E-state index is 0.0942. The SMILES string of the molecule is C=CCn1c(COc2ccc(F)cc2)nnc1SCC(=O)Nc1cccc(Cl)c1Cl. The molecule has 0 fully saturated rings. The van der Waals surface area contributed by atoms with Crippen molar-refractivity contribution in [1.82, 2.24) is 14.8 Å². The summed E-state index contributed by atoms with van der Waals surface area (Å²) in [7, 11) is 0. The molecule has 0 aliphatic rings. The number of nitrogens with zero attached hydrogens (tertiary/aromatic N) is 3. The number of carbonyl (C=O) groups excluding carboxylic acids is 1. The maximum atomic E-state index is 13.0. The summed E-state index contributed by atoms with van der Waals surface area (Å²) in [6, 6.07) is 10.7. The Kier molecular flexibility index (Phi) is 7.73. The van der Waals surface area contributed by atoms with Crippen LogP contribution in [-0.4, -0.2) is 26.4 Å². The van der Waals surface area contributed by atoms with Crippen molar-refractivity contribution < 1.29 is 13.9 Å². The summed E-state index contributed by atoms with van der Waals surface area (Å²) >= 11 is 13.3. The molecular weight excluding hydrogens is 450 g/mol. The molecule has 1 aromatic heterocycles. The van der Waals surface area contributed by atoms with Crippen LogP contribution < -0.4 is 10.1 Å². The van der Waals surface area contributed by atoms with E-state index in [2.05, 4.69) is 22.1 Å². The Hall–Kier alpha value is -2.55. The Bertz CT molecular complexity index is 1040. The van der Waals surface area contributed by atoms with Gasteiger partial charge in [0.25, 0.3) is 0 Å². The predicted octanol–water partition coefficient (Wildman–Crippen LogP) is 5.22. The first-order valence-corrected chi connectivity index (χ1v) is 10.5. The Balaban J connectivity index is 1.62. The molecule has 1 amide bonds. The van der Waals surface area contributed by atoms with Gasteiger partial charge >= 0.3 is 0 Å². The normalized spacial score (nSPS) is 10.6. The van der Waals surface area contributed by atoms with Crippen molar-refractivity contribution in [1.29, 1.82) is 0 Å². The summed E-state index contributed by atoms with van der Waals surface area (Å²) in [4.78, 5) is 12.3. The van der Waals surface area contributed by atoms with Crippen LogP contribution in [0.2, 0.25) is 10.0 Å². The number of hydrogen-bond donors (Lipinski definition) is 1. The van der Waals surface area contributed by atoms with Crippen LogP contribution in [-0.2, 0) is 17.9 Å². The molecule has 0 saturated carbocycles. The quantitative estimate of drug-likeness (QED) is 0.345. The second-order valence-corrected chi connectivity index (χ2v) is 7.71. The van der Waals surface area contributed by atoms with Crippen LogP contribution in [0.15, 0.2) is 60.3 Å². The van der Waals surface area contributed by atoms with Gasteiger partial charge in [-0.25, -0.2) is 4.39 Å². The predicted molar refractivity (Wildman–Crippen MR) is 117 cm³/mol. The zero-order chi connectivity index (χ0) is 21.5. The van der Waals surface area contributed by atoms with Gasteiger partial charge in [-0.2, -0.15) is 0 Å². The van der Waals surface area contributed by atoms with E-state index in [1.807, 2.05) is 0 Å². The highest BCUT2D eigenvalue weighted by molar-refractivity contribution is 7.99. The summed E-state index contributed by atoms with van der Waals surface area (Å²) in [6.07, 6.45) is 1.70. The van der Waals surface area contributed by atoms with E-state index < -0.39 is 0 Å². The molecule has 0 saturated heterocycles. The molecule has 3 aromatic rings. The fourth-order valence-electron chi connectivity index (χ4n) is 2.44. The molecule has 0 radical (unpaired) electrons. The molecule has 0 atom stereocenters. The zero-order valence-corrected chi connectivity index (χ0v) is 18.0. The molecule has 30 heavy (non-hydrogen) atoms. The topological polar surface area (TPSA) is 69.0 Å². The average Bonchev–Trinajstić information content (AvgIpc) is 3.11. The van der Waals surface area contributed by atoms with Gasteiger partial charge in [0.2, 0.25) is 5.91 Å². The Morgan fingerprint density at radius 1 is 1.23 bits per heavy atom. The van der Waals surface area contributed by atoms with Crippen LogP contribution in [0.25, 0.3) is 0 Å². The molecule has 0 aliphatic heterocycles. The third-order valence-corrected chi connectivity index (χ3v) is 5.63. The van der Waals surface area contributed by atoms with Crippen LogP contribution in [0, 0.1) is 5.82 Å². The van der Waals surface area contributed by atoms with E-state index in [1.54, 1.807) is 28.8 Å². The Morgan fingerprint density at radius 3 is 2.73 bits per heavy atom. The highest BCUT2D eigenvalue weighted by Gasteiger charge is 2.15. The van der Waals surface area contributed by atoms with Crippen LogP contribution in [0.4, 0.5) is 10.1 Å². The third-order valence-electron chi connectivity index (χ3n) is 3.84. The summed E-state index contributed by atoms with van der Waals surface area (Å²) in [6.45, 7) is 4.32. The number of aromatic nitrogens is 3. The number of allylic oxidation sites excluding steroid dienone is 1. The number of hydrogen-bond acceptors (Lipinski definition) is 5. The second kappa shape index (κ2) is 10.5. The highest BCUT2D eigenvalue weighted by atomic mass is 35.5. The smallest absolute Gasteiger partial charge is 0.234 e. The summed E-state index contributed by atoms with van der Waals surface area (Å²) < 4.78 is 20.4. The number of rotatable bonds is 9. The van der Waals surface area contributed by atoms with E-state index in [0.717, 1.165) is 0 Å². The molecule has 0 spiro atoms. The molecule has 2 aromatic carbocycles. The van der Waals surface area contributed by atoms with Crippen molar-refractivity contribution in [3.8, 4) is 5.75 Å². The van der Waals surface area contributed by atoms with Gasteiger partial charge < -0.3 is 10.1 Å². The number of amides is 1. The number of thioether (sulfide) groups is 1. The summed E-state index contributed by atoms with van der Waals surface area (Å²) in [5, 5.41) is 12.2. The van der Waals surface area contributed by atoms with Gasteiger partial charge in [-0.15, -0.1) is 16.8 Å². The molecular formula is C20H17Cl2FN4O2S. The minimum atomic E-state index is -0.340. The van der Waals surface area contributed by atoms with E-state index in [-0.39, 0.29) is 29.1 Å². The van der Waals surface area contributed by atoms with E-state index >= 15 is 0 Å². The summed E-state index contributed by atoms with van der Waals surface area (Å²) in [5.41, 5.74) is 0.440. The molecule has 0 unspecified atom stereocenters. The molecule has 6 nitrogen and oxygen atoms in total. The molecule has 0 bridgehead atoms. The van der Waals surface area contributed by atoms with Crippen molar-refractivity contribution >= 4 is 46.6 Å². The van der Waals surface area contributed by atoms with Crippen LogP contribution >= 0.6 is 35.0 Å². The van der Waals surface area contributed by atoms with Gasteiger partial charge in [0.05, 0.1) is 21.5 Å². The maximum Gasteiger partial charge on any atom is 0.234 e. The first kappa shape index (κ1) is 22.1. The molecule has 1 N–H and O–H groups in total. The van der Waals surface area contributed by atoms with Crippen molar-refractivity contribution in [2.75, 3.05) is 11.1 Å². The van der Waals surface area contributed by atoms with Gasteiger partial charge in [0, 0.05) is 6.54 Å². The number of carbonyl (C=O) groups is 1. The lowest BCUT2D eigenvalue weighted by atomic mass is 10.3. The Morgan fingerprint density at radius 2 is 2.00 bits per heavy atom. The maximum absolute atomic E-state index is 13.0. The number of benzene rings is 2. The number of ether oxygens (including phenoxy) is 1. The van der Waals surface area contributed by atoms with Crippen LogP contribution in [0.3, 0.4) is 0 Å². The average molecular weight is 467 g/mol. The standard InChI is InChI=1S/C20H17Cl2FN4O2S/c1-2-10-27-17(11-29-14-8-6-13(23)7-9-14)25-26-20(27)30-12-18(28)24-16-5-3-4-15(21)19(16)22/h2-9H,1,10-12H2,(H,24,28). The highest BCUT2D eigenvalue weighted by Crippen LogP contribution is 2.29. The molecule has 1 heterocycles. The third kappa shape index (κ3) is 5.75. The second-order valence-electron chi connectivity index (χ2n) is 5.98. The number of halogens is 3. The number of anilines is 1. The van der Waals surface area contributed by atoms with Gasteiger partial charge in [0.1, 0.15) is 18.2 Å². The van der Waals surface area contributed by atoms with Crippen LogP contribution in [0.1, 0.15) is 5.82 Å². The van der Waals surface area contributed by atoms with Crippen molar-refractivity contribution in [3.63, 3.8) is 0 Å². The lowest BCUT2D eigenvalue weighted by Gasteiger charge is -2.10. The van der Waals surface area contributed by atoms with Crippen molar-refractivity contribution in [2.24, 2.45) is 0 Å². The largest absolute Gasteiger partial charge is 0.486 e. The molecule has 0 aliphatic carbocycles. The minimum Gasteiger partial charge on any atom is -0.486 e. The van der Waals surface area contributed by atoms with Crippen LogP contribution in [0.5, 0.6) is 5.75 Å². The van der Waals surface area contributed by atoms with Crippen molar-refractivity contribution in [2.45, 2.75) is 18.3 Å². The van der Waals surface area contributed by atoms with E-state index in [9.17, 15) is 9.18 Å².